The molecule has 3 N–H and O–H groups in total. The third kappa shape index (κ3) is 3.54. The molecule has 0 saturated carbocycles. The van der Waals surface area contributed by atoms with Crippen molar-refractivity contribution in [2.75, 3.05) is 5.32 Å². The summed E-state index contributed by atoms with van der Waals surface area (Å²) >= 11 is 0. The molecule has 1 unspecified atom stereocenters. The van der Waals surface area contributed by atoms with Crippen LogP contribution in [0.15, 0.2) is 42.7 Å². The van der Waals surface area contributed by atoms with E-state index >= 15 is 0 Å². The average Bonchev–Trinajstić information content (AvgIpc) is 2.40. The van der Waals surface area contributed by atoms with Crippen molar-refractivity contribution >= 4 is 11.6 Å². The number of carbonyl (C=O) groups excluding carboxylic acids is 1. The topological polar surface area (TPSA) is 68.0 Å². The maximum absolute atomic E-state index is 13.2. The number of nitrogens with one attached hydrogen (secondary N) is 1. The molecule has 104 valence electrons. The number of nitrogens with two attached hydrogens (primary N) is 1. The van der Waals surface area contributed by atoms with Gasteiger partial charge in [-0.2, -0.15) is 0 Å². The normalized spacial score (nSPS) is 11.9. The summed E-state index contributed by atoms with van der Waals surface area (Å²) in [6.07, 6.45) is 2.94. The Morgan fingerprint density at radius 3 is 2.85 bits per heavy atom. The van der Waals surface area contributed by atoms with Gasteiger partial charge >= 0.3 is 0 Å². The van der Waals surface area contributed by atoms with Gasteiger partial charge in [-0.15, -0.1) is 0 Å². The van der Waals surface area contributed by atoms with Crippen molar-refractivity contribution in [3.05, 3.63) is 59.7 Å². The molecule has 0 radical (unpaired) electrons. The highest BCUT2D eigenvalue weighted by Crippen LogP contribution is 2.22. The van der Waals surface area contributed by atoms with Crippen LogP contribution in [0, 0.1) is 5.82 Å². The lowest BCUT2D eigenvalue weighted by Crippen LogP contribution is -2.16. The minimum Gasteiger partial charge on any atom is -0.378 e. The van der Waals surface area contributed by atoms with Gasteiger partial charge in [0.05, 0.1) is 18.7 Å². The van der Waals surface area contributed by atoms with Gasteiger partial charge in [0.1, 0.15) is 5.82 Å². The van der Waals surface area contributed by atoms with Gasteiger partial charge in [0.25, 0.3) is 0 Å². The van der Waals surface area contributed by atoms with Crippen molar-refractivity contribution in [1.29, 1.82) is 0 Å². The molecule has 5 heteroatoms. The van der Waals surface area contributed by atoms with Crippen LogP contribution < -0.4 is 11.1 Å². The summed E-state index contributed by atoms with van der Waals surface area (Å²) in [7, 11) is 0. The molecule has 2 aromatic rings. The molecule has 0 aliphatic carbocycles. The van der Waals surface area contributed by atoms with Gasteiger partial charge in [-0.1, -0.05) is 18.2 Å². The molecule has 1 aromatic carbocycles. The summed E-state index contributed by atoms with van der Waals surface area (Å²) in [6, 6.07) is 8.71. The number of rotatable bonds is 5. The van der Waals surface area contributed by atoms with Crippen LogP contribution in [0.3, 0.4) is 0 Å². The Labute approximate surface area is 116 Å². The van der Waals surface area contributed by atoms with Crippen LogP contribution in [0.2, 0.25) is 0 Å². The Morgan fingerprint density at radius 1 is 1.40 bits per heavy atom. The smallest absolute Gasteiger partial charge is 0.221 e. The predicted molar refractivity (Wildman–Crippen MR) is 75.6 cm³/mol. The van der Waals surface area contributed by atoms with Crippen LogP contribution in [0.25, 0.3) is 0 Å². The average molecular weight is 273 g/mol. The number of pyridine rings is 1. The Bertz CT molecular complexity index is 616. The third-order valence-electron chi connectivity index (χ3n) is 2.98. The number of nitrogens with zero attached hydrogens (tertiary/aromatic N) is 1. The van der Waals surface area contributed by atoms with Gasteiger partial charge in [-0.3, -0.25) is 9.78 Å². The quantitative estimate of drug-likeness (QED) is 0.879. The number of aromatic nitrogens is 1. The van der Waals surface area contributed by atoms with Gasteiger partial charge in [-0.25, -0.2) is 4.39 Å². The summed E-state index contributed by atoms with van der Waals surface area (Å²) in [4.78, 5) is 14.9. The van der Waals surface area contributed by atoms with Gasteiger partial charge in [0.15, 0.2) is 0 Å². The first-order valence-electron chi connectivity index (χ1n) is 6.29. The van der Waals surface area contributed by atoms with E-state index in [2.05, 4.69) is 10.3 Å². The predicted octanol–water partition coefficient (Wildman–Crippen LogP) is 2.42. The number of carbonyl (C=O) groups is 1. The molecule has 0 bridgehead atoms. The SMILES string of the molecule is CC(Nc1ccccc1CC(N)=O)c1cncc(F)c1. The number of halogens is 1. The molecule has 1 heterocycles. The second-order valence-electron chi connectivity index (χ2n) is 4.60. The number of primary amides is 1. The van der Waals surface area contributed by atoms with E-state index < -0.39 is 0 Å². The van der Waals surface area contributed by atoms with Crippen LogP contribution in [0.4, 0.5) is 10.1 Å². The van der Waals surface area contributed by atoms with E-state index in [1.807, 2.05) is 31.2 Å². The third-order valence-corrected chi connectivity index (χ3v) is 2.98. The molecule has 1 amide bonds. The Hall–Kier alpha value is -2.43. The van der Waals surface area contributed by atoms with Crippen molar-refractivity contribution in [3.63, 3.8) is 0 Å². The van der Waals surface area contributed by atoms with E-state index in [1.165, 1.54) is 6.07 Å². The van der Waals surface area contributed by atoms with E-state index in [9.17, 15) is 9.18 Å². The molecule has 4 nitrogen and oxygen atoms in total. The first-order valence-corrected chi connectivity index (χ1v) is 6.29. The van der Waals surface area contributed by atoms with Crippen molar-refractivity contribution in [2.45, 2.75) is 19.4 Å². The van der Waals surface area contributed by atoms with Gasteiger partial charge in [0, 0.05) is 11.9 Å². The summed E-state index contributed by atoms with van der Waals surface area (Å²) in [6.45, 7) is 1.90. The lowest BCUT2D eigenvalue weighted by molar-refractivity contribution is -0.117. The standard InChI is InChI=1S/C15H16FN3O/c1-10(12-6-13(16)9-18-8-12)19-14-5-3-2-4-11(14)7-15(17)20/h2-6,8-10,19H,7H2,1H3,(H2,17,20). The molecule has 0 saturated heterocycles. The van der Waals surface area contributed by atoms with E-state index in [0.717, 1.165) is 23.0 Å². The molecule has 20 heavy (non-hydrogen) atoms. The molecule has 0 aliphatic heterocycles. The Kier molecular flexibility index (Phi) is 4.30. The van der Waals surface area contributed by atoms with Gasteiger partial charge < -0.3 is 11.1 Å². The van der Waals surface area contributed by atoms with Crippen molar-refractivity contribution < 1.29 is 9.18 Å². The minimum absolute atomic E-state index is 0.132. The molecule has 2 rings (SSSR count). The van der Waals surface area contributed by atoms with E-state index in [0.29, 0.717) is 0 Å². The van der Waals surface area contributed by atoms with E-state index in [4.69, 9.17) is 5.73 Å². The van der Waals surface area contributed by atoms with Crippen LogP contribution in [0.5, 0.6) is 0 Å². The molecule has 0 fully saturated rings. The zero-order valence-electron chi connectivity index (χ0n) is 11.1. The van der Waals surface area contributed by atoms with Gasteiger partial charge in [-0.05, 0) is 30.2 Å². The zero-order chi connectivity index (χ0) is 14.5. The number of hydrogen-bond acceptors (Lipinski definition) is 3. The lowest BCUT2D eigenvalue weighted by atomic mass is 10.1. The largest absolute Gasteiger partial charge is 0.378 e. The second-order valence-corrected chi connectivity index (χ2v) is 4.60. The van der Waals surface area contributed by atoms with Crippen LogP contribution >= 0.6 is 0 Å². The monoisotopic (exact) mass is 273 g/mol. The number of para-hydroxylation sites is 1. The lowest BCUT2D eigenvalue weighted by Gasteiger charge is -2.18. The minimum atomic E-state index is -0.390. The van der Waals surface area contributed by atoms with Crippen molar-refractivity contribution in [1.82, 2.24) is 4.98 Å². The molecule has 0 aliphatic rings. The molecule has 1 atom stereocenters. The first kappa shape index (κ1) is 14.0. The van der Waals surface area contributed by atoms with Gasteiger partial charge in [0.2, 0.25) is 5.91 Å². The van der Waals surface area contributed by atoms with Crippen molar-refractivity contribution in [2.24, 2.45) is 5.73 Å². The van der Waals surface area contributed by atoms with Crippen molar-refractivity contribution in [3.8, 4) is 0 Å². The molecular formula is C15H16FN3O. The first-order chi connectivity index (χ1) is 9.56. The summed E-state index contributed by atoms with van der Waals surface area (Å²) in [5, 5.41) is 3.24. The van der Waals surface area contributed by atoms with Crippen LogP contribution in [-0.4, -0.2) is 10.9 Å². The molecular weight excluding hydrogens is 257 g/mol. The Balaban J connectivity index is 2.19. The number of amides is 1. The summed E-state index contributed by atoms with van der Waals surface area (Å²) in [5.41, 5.74) is 7.59. The number of anilines is 1. The summed E-state index contributed by atoms with van der Waals surface area (Å²) in [5.74, 6) is -0.763. The number of benzene rings is 1. The number of hydrogen-bond donors (Lipinski definition) is 2. The zero-order valence-corrected chi connectivity index (χ0v) is 11.1. The fourth-order valence-corrected chi connectivity index (χ4v) is 1.98. The fourth-order valence-electron chi connectivity index (χ4n) is 1.98. The fraction of sp³-hybridized carbons (Fsp3) is 0.200. The van der Waals surface area contributed by atoms with Crippen LogP contribution in [-0.2, 0) is 11.2 Å². The highest BCUT2D eigenvalue weighted by atomic mass is 19.1. The van der Waals surface area contributed by atoms with E-state index in [-0.39, 0.29) is 24.2 Å². The van der Waals surface area contributed by atoms with E-state index in [1.54, 1.807) is 6.20 Å². The van der Waals surface area contributed by atoms with Crippen LogP contribution in [0.1, 0.15) is 24.1 Å². The highest BCUT2D eigenvalue weighted by Gasteiger charge is 2.10. The summed E-state index contributed by atoms with van der Waals surface area (Å²) < 4.78 is 13.2. The Morgan fingerprint density at radius 2 is 2.15 bits per heavy atom. The molecule has 1 aromatic heterocycles. The maximum Gasteiger partial charge on any atom is 0.221 e. The molecule has 0 spiro atoms. The second kappa shape index (κ2) is 6.14. The maximum atomic E-state index is 13.2. The highest BCUT2D eigenvalue weighted by molar-refractivity contribution is 5.78.